The number of aliphatic imine (C=N–C) groups is 1. The van der Waals surface area contributed by atoms with Crippen molar-refractivity contribution < 1.29 is 8.42 Å². The second kappa shape index (κ2) is 8.33. The molecule has 1 saturated heterocycles. The van der Waals surface area contributed by atoms with Crippen LogP contribution < -0.4 is 5.32 Å². The standard InChI is InChI=1S/C16H32N4O2S/c1-4-23(21,22)19(3)11-7-10-18-16(17-2)20-12-14-8-5-6-9-15(14)13-20/h14-15H,4-13H2,1-3H3,(H,17,18). The molecule has 1 aliphatic carbocycles. The third-order valence-electron chi connectivity index (χ3n) is 5.26. The van der Waals surface area contributed by atoms with E-state index in [2.05, 4.69) is 15.2 Å². The molecule has 0 aromatic rings. The quantitative estimate of drug-likeness (QED) is 0.449. The Morgan fingerprint density at radius 1 is 1.26 bits per heavy atom. The Kier molecular flexibility index (Phi) is 6.71. The number of hydrogen-bond donors (Lipinski definition) is 1. The molecule has 0 bridgehead atoms. The SMILES string of the molecule is CCS(=O)(=O)N(C)CCCNC(=NC)N1CC2CCCCC2C1. The number of hydrogen-bond acceptors (Lipinski definition) is 3. The lowest BCUT2D eigenvalue weighted by molar-refractivity contribution is 0.299. The van der Waals surface area contributed by atoms with E-state index in [4.69, 9.17) is 0 Å². The van der Waals surface area contributed by atoms with Gasteiger partial charge in [0.05, 0.1) is 5.75 Å². The van der Waals surface area contributed by atoms with Crippen LogP contribution in [0.25, 0.3) is 0 Å². The highest BCUT2D eigenvalue weighted by Crippen LogP contribution is 2.35. The summed E-state index contributed by atoms with van der Waals surface area (Å²) < 4.78 is 24.9. The maximum absolute atomic E-state index is 11.7. The lowest BCUT2D eigenvalue weighted by Gasteiger charge is -2.22. The number of fused-ring (bicyclic) bond motifs is 1. The summed E-state index contributed by atoms with van der Waals surface area (Å²) in [5.41, 5.74) is 0. The first-order chi connectivity index (χ1) is 11.0. The van der Waals surface area contributed by atoms with Gasteiger partial charge in [0.25, 0.3) is 0 Å². The molecule has 23 heavy (non-hydrogen) atoms. The normalized spacial score (nSPS) is 25.7. The van der Waals surface area contributed by atoms with E-state index >= 15 is 0 Å². The lowest BCUT2D eigenvalue weighted by Crippen LogP contribution is -2.41. The zero-order valence-corrected chi connectivity index (χ0v) is 15.6. The van der Waals surface area contributed by atoms with E-state index in [-0.39, 0.29) is 5.75 Å². The van der Waals surface area contributed by atoms with Crippen molar-refractivity contribution in [2.24, 2.45) is 16.8 Å². The van der Waals surface area contributed by atoms with Gasteiger partial charge in [-0.25, -0.2) is 12.7 Å². The minimum Gasteiger partial charge on any atom is -0.356 e. The van der Waals surface area contributed by atoms with Gasteiger partial charge in [-0.05, 0) is 38.0 Å². The van der Waals surface area contributed by atoms with Crippen LogP contribution in [-0.2, 0) is 10.0 Å². The highest BCUT2D eigenvalue weighted by Gasteiger charge is 2.35. The summed E-state index contributed by atoms with van der Waals surface area (Å²) in [5, 5.41) is 3.40. The molecule has 2 rings (SSSR count). The fourth-order valence-corrected chi connectivity index (χ4v) is 4.62. The van der Waals surface area contributed by atoms with E-state index in [1.807, 2.05) is 7.05 Å². The summed E-state index contributed by atoms with van der Waals surface area (Å²) in [6.07, 6.45) is 6.25. The van der Waals surface area contributed by atoms with Crippen molar-refractivity contribution in [2.45, 2.75) is 39.0 Å². The molecule has 134 valence electrons. The van der Waals surface area contributed by atoms with Crippen LogP contribution in [0.3, 0.4) is 0 Å². The number of rotatable bonds is 6. The Bertz CT molecular complexity index is 492. The van der Waals surface area contributed by atoms with E-state index in [1.54, 1.807) is 14.0 Å². The molecule has 0 aromatic heterocycles. The molecule has 0 aromatic carbocycles. The van der Waals surface area contributed by atoms with Crippen LogP contribution >= 0.6 is 0 Å². The third-order valence-corrected chi connectivity index (χ3v) is 7.12. The predicted molar refractivity (Wildman–Crippen MR) is 95.1 cm³/mol. The molecular formula is C16H32N4O2S. The van der Waals surface area contributed by atoms with Crippen LogP contribution in [0.2, 0.25) is 0 Å². The Hall–Kier alpha value is -0.820. The lowest BCUT2D eigenvalue weighted by atomic mass is 9.82. The Morgan fingerprint density at radius 2 is 1.87 bits per heavy atom. The fraction of sp³-hybridized carbons (Fsp3) is 0.938. The van der Waals surface area contributed by atoms with Gasteiger partial charge in [-0.3, -0.25) is 4.99 Å². The first kappa shape index (κ1) is 18.5. The van der Waals surface area contributed by atoms with Gasteiger partial charge in [-0.15, -0.1) is 0 Å². The van der Waals surface area contributed by atoms with E-state index in [0.717, 1.165) is 43.9 Å². The first-order valence-electron chi connectivity index (χ1n) is 8.87. The molecule has 7 heteroatoms. The zero-order chi connectivity index (χ0) is 16.9. The summed E-state index contributed by atoms with van der Waals surface area (Å²) >= 11 is 0. The average Bonchev–Trinajstić information content (AvgIpc) is 2.98. The minimum absolute atomic E-state index is 0.162. The highest BCUT2D eigenvalue weighted by molar-refractivity contribution is 7.89. The molecule has 1 saturated carbocycles. The van der Waals surface area contributed by atoms with Crippen molar-refractivity contribution >= 4 is 16.0 Å². The van der Waals surface area contributed by atoms with E-state index in [1.165, 1.54) is 30.0 Å². The summed E-state index contributed by atoms with van der Waals surface area (Å²) in [5.74, 6) is 2.81. The minimum atomic E-state index is -3.07. The second-order valence-electron chi connectivity index (χ2n) is 6.76. The van der Waals surface area contributed by atoms with Gasteiger partial charge in [0, 0.05) is 40.3 Å². The smallest absolute Gasteiger partial charge is 0.213 e. The predicted octanol–water partition coefficient (Wildman–Crippen LogP) is 1.36. The summed E-state index contributed by atoms with van der Waals surface area (Å²) in [6, 6.07) is 0. The van der Waals surface area contributed by atoms with Crippen LogP contribution in [0, 0.1) is 11.8 Å². The monoisotopic (exact) mass is 344 g/mol. The van der Waals surface area contributed by atoms with Gasteiger partial charge in [-0.1, -0.05) is 12.8 Å². The molecule has 0 spiro atoms. The zero-order valence-electron chi connectivity index (χ0n) is 14.8. The van der Waals surface area contributed by atoms with Gasteiger partial charge in [0.2, 0.25) is 10.0 Å². The van der Waals surface area contributed by atoms with Gasteiger partial charge in [-0.2, -0.15) is 0 Å². The fourth-order valence-electron chi connectivity index (χ4n) is 3.77. The second-order valence-corrected chi connectivity index (χ2v) is 9.12. The molecular weight excluding hydrogens is 312 g/mol. The number of guanidine groups is 1. The first-order valence-corrected chi connectivity index (χ1v) is 10.5. The molecule has 2 atom stereocenters. The highest BCUT2D eigenvalue weighted by atomic mass is 32.2. The Morgan fingerprint density at radius 3 is 2.39 bits per heavy atom. The van der Waals surface area contributed by atoms with Crippen LogP contribution in [0.15, 0.2) is 4.99 Å². The van der Waals surface area contributed by atoms with Crippen molar-refractivity contribution in [3.8, 4) is 0 Å². The van der Waals surface area contributed by atoms with Gasteiger partial charge < -0.3 is 10.2 Å². The van der Waals surface area contributed by atoms with Gasteiger partial charge in [0.15, 0.2) is 5.96 Å². The molecule has 1 aliphatic heterocycles. The molecule has 0 amide bonds. The Balaban J connectivity index is 1.74. The van der Waals surface area contributed by atoms with Crippen molar-refractivity contribution in [3.05, 3.63) is 0 Å². The summed E-state index contributed by atoms with van der Waals surface area (Å²) in [4.78, 5) is 6.79. The largest absolute Gasteiger partial charge is 0.356 e. The number of nitrogens with zero attached hydrogens (tertiary/aromatic N) is 3. The van der Waals surface area contributed by atoms with E-state index in [9.17, 15) is 8.42 Å². The number of likely N-dealkylation sites (tertiary alicyclic amines) is 1. The molecule has 2 fully saturated rings. The maximum Gasteiger partial charge on any atom is 0.213 e. The van der Waals surface area contributed by atoms with Crippen molar-refractivity contribution in [1.82, 2.24) is 14.5 Å². The van der Waals surface area contributed by atoms with Crippen LogP contribution in [-0.4, -0.2) is 69.6 Å². The molecule has 6 nitrogen and oxygen atoms in total. The summed E-state index contributed by atoms with van der Waals surface area (Å²) in [6.45, 7) is 5.22. The van der Waals surface area contributed by atoms with Crippen molar-refractivity contribution in [1.29, 1.82) is 0 Å². The van der Waals surface area contributed by atoms with Gasteiger partial charge in [0.1, 0.15) is 0 Å². The molecule has 2 unspecified atom stereocenters. The summed E-state index contributed by atoms with van der Waals surface area (Å²) in [7, 11) is 0.413. The Labute approximate surface area is 141 Å². The third kappa shape index (κ3) is 4.83. The molecule has 2 aliphatic rings. The van der Waals surface area contributed by atoms with Crippen molar-refractivity contribution in [2.75, 3.05) is 46.0 Å². The number of sulfonamides is 1. The molecule has 0 radical (unpaired) electrons. The number of nitrogens with one attached hydrogen (secondary N) is 1. The molecule has 1 heterocycles. The van der Waals surface area contributed by atoms with Crippen LogP contribution in [0.4, 0.5) is 0 Å². The van der Waals surface area contributed by atoms with Crippen LogP contribution in [0.1, 0.15) is 39.0 Å². The van der Waals surface area contributed by atoms with E-state index < -0.39 is 10.0 Å². The average molecular weight is 345 g/mol. The maximum atomic E-state index is 11.7. The topological polar surface area (TPSA) is 65.0 Å². The van der Waals surface area contributed by atoms with Crippen LogP contribution in [0.5, 0.6) is 0 Å². The van der Waals surface area contributed by atoms with Gasteiger partial charge >= 0.3 is 0 Å². The van der Waals surface area contributed by atoms with Crippen molar-refractivity contribution in [3.63, 3.8) is 0 Å². The molecule has 1 N–H and O–H groups in total. The van der Waals surface area contributed by atoms with E-state index in [0.29, 0.717) is 6.54 Å².